The highest BCUT2D eigenvalue weighted by atomic mass is 32.2. The van der Waals surface area contributed by atoms with Crippen molar-refractivity contribution >= 4 is 21.6 Å². The van der Waals surface area contributed by atoms with Gasteiger partial charge in [0.25, 0.3) is 15.9 Å². The van der Waals surface area contributed by atoms with Gasteiger partial charge in [-0.15, -0.1) is 0 Å². The van der Waals surface area contributed by atoms with Crippen LogP contribution in [0.4, 0.5) is 5.69 Å². The maximum Gasteiger partial charge on any atom is 0.264 e. The summed E-state index contributed by atoms with van der Waals surface area (Å²) in [6.07, 6.45) is 1.61. The lowest BCUT2D eigenvalue weighted by Gasteiger charge is -2.31. The number of para-hydroxylation sites is 1. The quantitative estimate of drug-likeness (QED) is 0.765. The van der Waals surface area contributed by atoms with Crippen LogP contribution in [0.15, 0.2) is 47.4 Å². The molecule has 0 atom stereocenters. The summed E-state index contributed by atoms with van der Waals surface area (Å²) in [4.78, 5) is 14.8. The van der Waals surface area contributed by atoms with E-state index in [4.69, 9.17) is 9.47 Å². The van der Waals surface area contributed by atoms with Gasteiger partial charge in [-0.25, -0.2) is 8.42 Å². The predicted octanol–water partition coefficient (Wildman–Crippen LogP) is 2.31. The minimum Gasteiger partial charge on any atom is -0.496 e. The second-order valence-corrected chi connectivity index (χ2v) is 8.94. The van der Waals surface area contributed by atoms with Crippen molar-refractivity contribution in [3.63, 3.8) is 0 Å². The molecule has 0 unspecified atom stereocenters. The maximum absolute atomic E-state index is 13.4. The van der Waals surface area contributed by atoms with Crippen LogP contribution in [0.2, 0.25) is 0 Å². The third kappa shape index (κ3) is 3.70. The normalized spacial score (nSPS) is 17.0. The van der Waals surface area contributed by atoms with Gasteiger partial charge in [-0.2, -0.15) is 0 Å². The number of aryl methyl sites for hydroxylation is 1. The number of ether oxygens (including phenoxy) is 2. The predicted molar refractivity (Wildman–Crippen MR) is 109 cm³/mol. The van der Waals surface area contributed by atoms with Gasteiger partial charge < -0.3 is 14.4 Å². The molecule has 0 saturated carbocycles. The zero-order chi connectivity index (χ0) is 20.4. The van der Waals surface area contributed by atoms with E-state index < -0.39 is 10.0 Å². The summed E-state index contributed by atoms with van der Waals surface area (Å²) in [6.45, 7) is 2.29. The molecule has 2 aliphatic heterocycles. The standard InChI is InChI=1S/C21H24N2O5S/c1-27-20-9-8-17(15-18(20)21(24)22-11-13-28-14-12-22)29(25,26)23-10-4-6-16-5-2-3-7-19(16)23/h2-3,5,7-9,15H,4,6,10-14H2,1H3. The van der Waals surface area contributed by atoms with Gasteiger partial charge in [-0.05, 0) is 42.7 Å². The number of rotatable bonds is 4. The molecule has 0 spiro atoms. The van der Waals surface area contributed by atoms with E-state index in [1.165, 1.54) is 23.5 Å². The van der Waals surface area contributed by atoms with E-state index in [0.717, 1.165) is 18.4 Å². The van der Waals surface area contributed by atoms with Gasteiger partial charge in [0, 0.05) is 19.6 Å². The fourth-order valence-corrected chi connectivity index (χ4v) is 5.40. The van der Waals surface area contributed by atoms with E-state index >= 15 is 0 Å². The first kappa shape index (κ1) is 19.7. The molecule has 8 heteroatoms. The monoisotopic (exact) mass is 416 g/mol. The van der Waals surface area contributed by atoms with Crippen LogP contribution in [0.5, 0.6) is 5.75 Å². The Bertz CT molecular complexity index is 1020. The summed E-state index contributed by atoms with van der Waals surface area (Å²) in [5.41, 5.74) is 1.97. The van der Waals surface area contributed by atoms with E-state index in [-0.39, 0.29) is 16.4 Å². The highest BCUT2D eigenvalue weighted by Gasteiger charge is 2.31. The molecule has 0 aliphatic carbocycles. The van der Waals surface area contributed by atoms with Gasteiger partial charge in [-0.1, -0.05) is 18.2 Å². The van der Waals surface area contributed by atoms with E-state index in [2.05, 4.69) is 0 Å². The SMILES string of the molecule is COc1ccc(S(=O)(=O)N2CCCc3ccccc32)cc1C(=O)N1CCOCC1. The van der Waals surface area contributed by atoms with Crippen LogP contribution >= 0.6 is 0 Å². The molecule has 1 saturated heterocycles. The Morgan fingerprint density at radius 1 is 1.07 bits per heavy atom. The van der Waals surface area contributed by atoms with Crippen molar-refractivity contribution < 1.29 is 22.7 Å². The number of benzene rings is 2. The number of hydrogen-bond donors (Lipinski definition) is 0. The van der Waals surface area contributed by atoms with Crippen LogP contribution < -0.4 is 9.04 Å². The summed E-state index contributed by atoms with van der Waals surface area (Å²) in [6, 6.07) is 12.0. The van der Waals surface area contributed by atoms with Gasteiger partial charge >= 0.3 is 0 Å². The molecule has 0 aromatic heterocycles. The number of methoxy groups -OCH3 is 1. The third-order valence-corrected chi connectivity index (χ3v) is 7.16. The van der Waals surface area contributed by atoms with Gasteiger partial charge in [0.1, 0.15) is 5.75 Å². The third-order valence-electron chi connectivity index (χ3n) is 5.36. The number of sulfonamides is 1. The molecular formula is C21H24N2O5S. The second-order valence-electron chi connectivity index (χ2n) is 7.08. The number of fused-ring (bicyclic) bond motifs is 1. The second kappa shape index (κ2) is 8.04. The Labute approximate surface area is 170 Å². The molecule has 2 aliphatic rings. The molecule has 1 amide bonds. The van der Waals surface area contributed by atoms with Crippen molar-refractivity contribution in [1.29, 1.82) is 0 Å². The Kier molecular flexibility index (Phi) is 5.47. The number of amides is 1. The zero-order valence-electron chi connectivity index (χ0n) is 16.3. The molecule has 0 radical (unpaired) electrons. The number of morpholine rings is 1. The van der Waals surface area contributed by atoms with Crippen molar-refractivity contribution in [3.8, 4) is 5.75 Å². The van der Waals surface area contributed by atoms with Crippen molar-refractivity contribution in [1.82, 2.24) is 4.90 Å². The van der Waals surface area contributed by atoms with Crippen LogP contribution in [0.25, 0.3) is 0 Å². The number of carbonyl (C=O) groups is 1. The Balaban J connectivity index is 1.73. The highest BCUT2D eigenvalue weighted by Crippen LogP contribution is 2.33. The molecule has 29 heavy (non-hydrogen) atoms. The van der Waals surface area contributed by atoms with E-state index in [1.807, 2.05) is 24.3 Å². The first-order valence-electron chi connectivity index (χ1n) is 9.68. The minimum absolute atomic E-state index is 0.0895. The summed E-state index contributed by atoms with van der Waals surface area (Å²) >= 11 is 0. The molecule has 2 aromatic carbocycles. The average Bonchev–Trinajstić information content (AvgIpc) is 2.78. The first-order valence-corrected chi connectivity index (χ1v) is 11.1. The van der Waals surface area contributed by atoms with Gasteiger partial charge in [0.2, 0.25) is 0 Å². The fraction of sp³-hybridized carbons (Fsp3) is 0.381. The molecule has 1 fully saturated rings. The Morgan fingerprint density at radius 3 is 2.59 bits per heavy atom. The molecule has 0 bridgehead atoms. The largest absolute Gasteiger partial charge is 0.496 e. The lowest BCUT2D eigenvalue weighted by molar-refractivity contribution is 0.0300. The molecular weight excluding hydrogens is 392 g/mol. The maximum atomic E-state index is 13.4. The first-order chi connectivity index (χ1) is 14.0. The molecule has 4 rings (SSSR count). The Hall–Kier alpha value is -2.58. The van der Waals surface area contributed by atoms with Crippen LogP contribution in [0.1, 0.15) is 22.3 Å². The highest BCUT2D eigenvalue weighted by molar-refractivity contribution is 7.92. The molecule has 154 valence electrons. The summed E-state index contributed by atoms with van der Waals surface area (Å²) in [5.74, 6) is 0.112. The number of anilines is 1. The summed E-state index contributed by atoms with van der Waals surface area (Å²) < 4.78 is 39.0. The average molecular weight is 416 g/mol. The topological polar surface area (TPSA) is 76.2 Å². The zero-order valence-corrected chi connectivity index (χ0v) is 17.2. The van der Waals surface area contributed by atoms with Gasteiger partial charge in [0.15, 0.2) is 0 Å². The molecule has 2 heterocycles. The lowest BCUT2D eigenvalue weighted by Crippen LogP contribution is -2.41. The van der Waals surface area contributed by atoms with E-state index in [9.17, 15) is 13.2 Å². The van der Waals surface area contributed by atoms with E-state index in [1.54, 1.807) is 11.0 Å². The molecule has 7 nitrogen and oxygen atoms in total. The van der Waals surface area contributed by atoms with Gasteiger partial charge in [-0.3, -0.25) is 9.10 Å². The van der Waals surface area contributed by atoms with Crippen LogP contribution in [-0.2, 0) is 21.2 Å². The molecule has 0 N–H and O–H groups in total. The van der Waals surface area contributed by atoms with Crippen molar-refractivity contribution in [2.45, 2.75) is 17.7 Å². The number of nitrogens with zero attached hydrogens (tertiary/aromatic N) is 2. The lowest BCUT2D eigenvalue weighted by atomic mass is 10.0. The Morgan fingerprint density at radius 2 is 1.83 bits per heavy atom. The summed E-state index contributed by atoms with van der Waals surface area (Å²) in [5, 5.41) is 0. The number of hydrogen-bond acceptors (Lipinski definition) is 5. The number of carbonyl (C=O) groups excluding carboxylic acids is 1. The smallest absolute Gasteiger partial charge is 0.264 e. The molecule has 2 aromatic rings. The van der Waals surface area contributed by atoms with Crippen LogP contribution in [-0.4, -0.2) is 59.2 Å². The van der Waals surface area contributed by atoms with Crippen molar-refractivity contribution in [2.24, 2.45) is 0 Å². The van der Waals surface area contributed by atoms with E-state index in [0.29, 0.717) is 44.3 Å². The van der Waals surface area contributed by atoms with Crippen molar-refractivity contribution in [2.75, 3.05) is 44.3 Å². The minimum atomic E-state index is -3.80. The van der Waals surface area contributed by atoms with Crippen LogP contribution in [0.3, 0.4) is 0 Å². The van der Waals surface area contributed by atoms with Crippen molar-refractivity contribution in [3.05, 3.63) is 53.6 Å². The summed E-state index contributed by atoms with van der Waals surface area (Å²) in [7, 11) is -2.33. The fourth-order valence-electron chi connectivity index (χ4n) is 3.83. The van der Waals surface area contributed by atoms with Gasteiger partial charge in [0.05, 0.1) is 36.5 Å². The van der Waals surface area contributed by atoms with Crippen LogP contribution in [0, 0.1) is 0 Å².